The van der Waals surface area contributed by atoms with Gasteiger partial charge in [-0.3, -0.25) is 4.90 Å². The Bertz CT molecular complexity index is 225. The molecule has 0 bridgehead atoms. The monoisotopic (exact) mass is 254 g/mol. The summed E-state index contributed by atoms with van der Waals surface area (Å²) in [6, 6.07) is 1.51. The highest BCUT2D eigenvalue weighted by Gasteiger charge is 2.31. The first kappa shape index (κ1) is 14.3. The summed E-state index contributed by atoms with van der Waals surface area (Å²) in [5.74, 6) is 0. The molecule has 18 heavy (non-hydrogen) atoms. The van der Waals surface area contributed by atoms with Gasteiger partial charge in [-0.15, -0.1) is 0 Å². The second-order valence-corrected chi connectivity index (χ2v) is 5.71. The van der Waals surface area contributed by atoms with Crippen LogP contribution in [0.3, 0.4) is 0 Å². The lowest BCUT2D eigenvalue weighted by molar-refractivity contribution is -0.00538. The number of piperidine rings is 1. The maximum Gasteiger partial charge on any atom is 0.0599 e. The third kappa shape index (κ3) is 3.69. The van der Waals surface area contributed by atoms with Gasteiger partial charge < -0.3 is 10.1 Å². The van der Waals surface area contributed by atoms with Gasteiger partial charge in [0.15, 0.2) is 0 Å². The fraction of sp³-hybridized carbons (Fsp3) is 1.00. The molecule has 1 saturated heterocycles. The Morgan fingerprint density at radius 1 is 1.06 bits per heavy atom. The zero-order chi connectivity index (χ0) is 12.8. The largest absolute Gasteiger partial charge is 0.378 e. The predicted molar refractivity (Wildman–Crippen MR) is 75.9 cm³/mol. The van der Waals surface area contributed by atoms with Gasteiger partial charge in [0, 0.05) is 31.8 Å². The molecule has 1 saturated carbocycles. The van der Waals surface area contributed by atoms with Crippen LogP contribution in [0.15, 0.2) is 0 Å². The van der Waals surface area contributed by atoms with E-state index in [0.29, 0.717) is 6.10 Å². The van der Waals surface area contributed by atoms with Gasteiger partial charge in [0.25, 0.3) is 0 Å². The van der Waals surface area contributed by atoms with Crippen molar-refractivity contribution in [1.29, 1.82) is 0 Å². The summed E-state index contributed by atoms with van der Waals surface area (Å²) in [5, 5.41) is 3.70. The lowest BCUT2D eigenvalue weighted by Crippen LogP contribution is -2.54. The summed E-state index contributed by atoms with van der Waals surface area (Å²) < 4.78 is 5.75. The van der Waals surface area contributed by atoms with E-state index >= 15 is 0 Å². The van der Waals surface area contributed by atoms with Crippen molar-refractivity contribution in [1.82, 2.24) is 10.2 Å². The van der Waals surface area contributed by atoms with E-state index in [1.165, 1.54) is 51.6 Å². The Balaban J connectivity index is 1.82. The van der Waals surface area contributed by atoms with E-state index in [1.54, 1.807) is 0 Å². The molecule has 2 atom stereocenters. The molecule has 0 spiro atoms. The molecular weight excluding hydrogens is 224 g/mol. The highest BCUT2D eigenvalue weighted by molar-refractivity contribution is 4.90. The molecule has 2 aliphatic rings. The summed E-state index contributed by atoms with van der Waals surface area (Å²) in [6.07, 6.45) is 8.54. The molecule has 1 heterocycles. The van der Waals surface area contributed by atoms with Crippen molar-refractivity contribution in [3.63, 3.8) is 0 Å². The molecule has 0 aromatic heterocycles. The van der Waals surface area contributed by atoms with Crippen LogP contribution < -0.4 is 5.32 Å². The van der Waals surface area contributed by atoms with Crippen molar-refractivity contribution in [2.24, 2.45) is 0 Å². The molecule has 1 aliphatic heterocycles. The van der Waals surface area contributed by atoms with Crippen LogP contribution in [0.4, 0.5) is 0 Å². The molecule has 3 nitrogen and oxygen atoms in total. The molecule has 2 unspecified atom stereocenters. The minimum absolute atomic E-state index is 0.521. The van der Waals surface area contributed by atoms with Crippen LogP contribution in [0, 0.1) is 0 Å². The third-order valence-corrected chi connectivity index (χ3v) is 4.54. The maximum atomic E-state index is 5.75. The minimum atomic E-state index is 0.521. The Morgan fingerprint density at radius 2 is 1.78 bits per heavy atom. The van der Waals surface area contributed by atoms with Gasteiger partial charge in [-0.05, 0) is 39.2 Å². The SMILES string of the molecule is CCNC1CCCCC1N1CCC(OCC)CC1. The molecule has 0 amide bonds. The average molecular weight is 254 g/mol. The highest BCUT2D eigenvalue weighted by atomic mass is 16.5. The van der Waals surface area contributed by atoms with Gasteiger partial charge in [0.05, 0.1) is 6.10 Å². The number of nitrogens with one attached hydrogen (secondary N) is 1. The minimum Gasteiger partial charge on any atom is -0.378 e. The zero-order valence-electron chi connectivity index (χ0n) is 12.2. The van der Waals surface area contributed by atoms with E-state index in [2.05, 4.69) is 24.1 Å². The summed E-state index contributed by atoms with van der Waals surface area (Å²) >= 11 is 0. The summed E-state index contributed by atoms with van der Waals surface area (Å²) in [6.45, 7) is 8.78. The summed E-state index contributed by atoms with van der Waals surface area (Å²) in [5.41, 5.74) is 0. The number of ether oxygens (including phenoxy) is 1. The van der Waals surface area contributed by atoms with Crippen LogP contribution in [-0.2, 0) is 4.74 Å². The summed E-state index contributed by atoms with van der Waals surface area (Å²) in [4.78, 5) is 2.72. The van der Waals surface area contributed by atoms with Gasteiger partial charge in [-0.1, -0.05) is 19.8 Å². The van der Waals surface area contributed by atoms with Gasteiger partial charge in [0.2, 0.25) is 0 Å². The second kappa shape index (κ2) is 7.46. The third-order valence-electron chi connectivity index (χ3n) is 4.54. The van der Waals surface area contributed by atoms with Crippen molar-refractivity contribution in [3.05, 3.63) is 0 Å². The molecular formula is C15H30N2O. The molecule has 0 aromatic carbocycles. The van der Waals surface area contributed by atoms with Gasteiger partial charge in [-0.2, -0.15) is 0 Å². The lowest BCUT2D eigenvalue weighted by atomic mass is 9.88. The van der Waals surface area contributed by atoms with Crippen LogP contribution in [-0.4, -0.2) is 49.3 Å². The quantitative estimate of drug-likeness (QED) is 0.815. The molecule has 1 aliphatic carbocycles. The molecule has 0 aromatic rings. The molecule has 2 fully saturated rings. The first-order chi connectivity index (χ1) is 8.85. The van der Waals surface area contributed by atoms with Crippen molar-refractivity contribution in [2.75, 3.05) is 26.2 Å². The van der Waals surface area contributed by atoms with E-state index in [-0.39, 0.29) is 0 Å². The normalized spacial score (nSPS) is 31.7. The Morgan fingerprint density at radius 3 is 2.44 bits per heavy atom. The topological polar surface area (TPSA) is 24.5 Å². The molecule has 2 rings (SSSR count). The lowest BCUT2D eigenvalue weighted by Gasteiger charge is -2.43. The standard InChI is InChI=1S/C15H30N2O/c1-3-16-14-7-5-6-8-15(14)17-11-9-13(10-12-17)18-4-2/h13-16H,3-12H2,1-2H3. The first-order valence-electron chi connectivity index (χ1n) is 7.94. The van der Waals surface area contributed by atoms with Crippen molar-refractivity contribution in [2.45, 2.75) is 70.6 Å². The molecule has 106 valence electrons. The maximum absolute atomic E-state index is 5.75. The fourth-order valence-corrected chi connectivity index (χ4v) is 3.66. The Labute approximate surface area is 112 Å². The number of likely N-dealkylation sites (N-methyl/N-ethyl adjacent to an activating group) is 1. The number of hydrogen-bond donors (Lipinski definition) is 1. The second-order valence-electron chi connectivity index (χ2n) is 5.71. The van der Waals surface area contributed by atoms with Crippen LogP contribution in [0.2, 0.25) is 0 Å². The highest BCUT2D eigenvalue weighted by Crippen LogP contribution is 2.26. The van der Waals surface area contributed by atoms with Crippen LogP contribution in [0.5, 0.6) is 0 Å². The Hall–Kier alpha value is -0.120. The number of rotatable bonds is 5. The van der Waals surface area contributed by atoms with Gasteiger partial charge >= 0.3 is 0 Å². The predicted octanol–water partition coefficient (Wildman–Crippen LogP) is 2.41. The smallest absolute Gasteiger partial charge is 0.0599 e. The van der Waals surface area contributed by atoms with Gasteiger partial charge in [0.1, 0.15) is 0 Å². The van der Waals surface area contributed by atoms with Crippen molar-refractivity contribution >= 4 is 0 Å². The molecule has 1 N–H and O–H groups in total. The van der Waals surface area contributed by atoms with E-state index in [1.807, 2.05) is 0 Å². The van der Waals surface area contributed by atoms with E-state index < -0.39 is 0 Å². The first-order valence-corrected chi connectivity index (χ1v) is 7.94. The fourth-order valence-electron chi connectivity index (χ4n) is 3.66. The van der Waals surface area contributed by atoms with Crippen molar-refractivity contribution in [3.8, 4) is 0 Å². The van der Waals surface area contributed by atoms with Crippen LogP contribution in [0.25, 0.3) is 0 Å². The summed E-state index contributed by atoms with van der Waals surface area (Å²) in [7, 11) is 0. The molecule has 0 radical (unpaired) electrons. The van der Waals surface area contributed by atoms with E-state index in [0.717, 1.165) is 25.2 Å². The number of nitrogens with zero attached hydrogens (tertiary/aromatic N) is 1. The number of likely N-dealkylation sites (tertiary alicyclic amines) is 1. The van der Waals surface area contributed by atoms with Crippen molar-refractivity contribution < 1.29 is 4.74 Å². The van der Waals surface area contributed by atoms with Crippen LogP contribution in [0.1, 0.15) is 52.4 Å². The van der Waals surface area contributed by atoms with Crippen LogP contribution >= 0.6 is 0 Å². The Kier molecular flexibility index (Phi) is 5.93. The average Bonchev–Trinajstić information content (AvgIpc) is 2.41. The number of hydrogen-bond acceptors (Lipinski definition) is 3. The zero-order valence-corrected chi connectivity index (χ0v) is 12.2. The molecule has 3 heteroatoms. The van der Waals surface area contributed by atoms with E-state index in [4.69, 9.17) is 4.74 Å². The van der Waals surface area contributed by atoms with E-state index in [9.17, 15) is 0 Å². The van der Waals surface area contributed by atoms with Gasteiger partial charge in [-0.25, -0.2) is 0 Å².